The molecule has 168 valence electrons. The highest BCUT2D eigenvalue weighted by molar-refractivity contribution is 7.88. The lowest BCUT2D eigenvalue weighted by atomic mass is 9.80. The van der Waals surface area contributed by atoms with Crippen molar-refractivity contribution in [3.05, 3.63) is 18.0 Å². The average Bonchev–Trinajstić information content (AvgIpc) is 3.13. The molecule has 2 aromatic rings. The number of carbonyl (C=O) groups is 1. The zero-order valence-corrected chi connectivity index (χ0v) is 18.7. The summed E-state index contributed by atoms with van der Waals surface area (Å²) in [5, 5.41) is 7.42. The number of aromatic nitrogens is 3. The van der Waals surface area contributed by atoms with Gasteiger partial charge >= 0.3 is 0 Å². The molecule has 2 aromatic heterocycles. The summed E-state index contributed by atoms with van der Waals surface area (Å²) < 4.78 is 27.8. The Bertz CT molecular complexity index is 1100. The first-order chi connectivity index (χ1) is 14.8. The number of carbonyl (C=O) groups excluding carboxylic acids is 1. The van der Waals surface area contributed by atoms with Crippen LogP contribution in [0.15, 0.2) is 12.3 Å². The average molecular weight is 447 g/mol. The van der Waals surface area contributed by atoms with Crippen molar-refractivity contribution in [3.63, 3.8) is 0 Å². The molecule has 1 spiro atoms. The van der Waals surface area contributed by atoms with E-state index in [9.17, 15) is 13.2 Å². The molecule has 2 fully saturated rings. The number of amides is 1. The summed E-state index contributed by atoms with van der Waals surface area (Å²) in [6.45, 7) is 0.659. The van der Waals surface area contributed by atoms with E-state index >= 15 is 0 Å². The lowest BCUT2D eigenvalue weighted by Crippen LogP contribution is -2.52. The highest BCUT2D eigenvalue weighted by Gasteiger charge is 2.41. The molecule has 31 heavy (non-hydrogen) atoms. The van der Waals surface area contributed by atoms with E-state index < -0.39 is 10.0 Å². The molecule has 1 amide bonds. The van der Waals surface area contributed by atoms with Crippen molar-refractivity contribution in [1.29, 1.82) is 0 Å². The number of hydrogen-bond donors (Lipinski definition) is 3. The molecule has 10 heteroatoms. The minimum atomic E-state index is -3.18. The highest BCUT2D eigenvalue weighted by atomic mass is 32.2. The number of rotatable bonds is 4. The van der Waals surface area contributed by atoms with Crippen LogP contribution in [0, 0.1) is 0 Å². The van der Waals surface area contributed by atoms with E-state index in [4.69, 9.17) is 4.98 Å². The quantitative estimate of drug-likeness (QED) is 0.662. The molecule has 0 atom stereocenters. The smallest absolute Gasteiger partial charge is 0.268 e. The van der Waals surface area contributed by atoms with Gasteiger partial charge in [-0.2, -0.15) is 4.98 Å². The molecule has 0 unspecified atom stereocenters. The molecule has 2 saturated carbocycles. The van der Waals surface area contributed by atoms with Gasteiger partial charge in [0.2, 0.25) is 16.0 Å². The highest BCUT2D eigenvalue weighted by Crippen LogP contribution is 2.40. The predicted molar refractivity (Wildman–Crippen MR) is 119 cm³/mol. The van der Waals surface area contributed by atoms with Crippen LogP contribution in [0.1, 0.15) is 68.3 Å². The van der Waals surface area contributed by atoms with Gasteiger partial charge in [0.15, 0.2) is 0 Å². The van der Waals surface area contributed by atoms with E-state index in [0.29, 0.717) is 18.2 Å². The van der Waals surface area contributed by atoms with Crippen LogP contribution in [0.4, 0.5) is 5.95 Å². The summed E-state index contributed by atoms with van der Waals surface area (Å²) in [7, 11) is -3.18. The van der Waals surface area contributed by atoms with Gasteiger partial charge in [-0.1, -0.05) is 19.3 Å². The van der Waals surface area contributed by atoms with Crippen LogP contribution in [0.5, 0.6) is 0 Å². The SMILES string of the molecule is CS(=O)(=O)N[C@H]1CC[C@H](Nc2ncc3cc4n(c3n2)C2(CCCCC2)CNC4=O)CC1. The molecule has 0 aromatic carbocycles. The fraction of sp³-hybridized carbons (Fsp3) is 0.667. The van der Waals surface area contributed by atoms with Crippen LogP contribution in [-0.4, -0.2) is 53.7 Å². The van der Waals surface area contributed by atoms with Crippen molar-refractivity contribution in [2.45, 2.75) is 75.4 Å². The number of nitrogens with zero attached hydrogens (tertiary/aromatic N) is 3. The lowest BCUT2D eigenvalue weighted by Gasteiger charge is -2.42. The first-order valence-corrected chi connectivity index (χ1v) is 13.1. The monoisotopic (exact) mass is 446 g/mol. The number of fused-ring (bicyclic) bond motifs is 4. The summed E-state index contributed by atoms with van der Waals surface area (Å²) in [6, 6.07) is 2.11. The Morgan fingerprint density at radius 1 is 1.13 bits per heavy atom. The molecule has 3 heterocycles. The molecule has 5 rings (SSSR count). The van der Waals surface area contributed by atoms with Crippen molar-refractivity contribution in [2.24, 2.45) is 0 Å². The summed E-state index contributed by atoms with van der Waals surface area (Å²) in [4.78, 5) is 21.9. The summed E-state index contributed by atoms with van der Waals surface area (Å²) in [5.41, 5.74) is 1.42. The van der Waals surface area contributed by atoms with E-state index in [1.807, 2.05) is 6.07 Å². The second-order valence-corrected chi connectivity index (χ2v) is 11.2. The Kier molecular flexibility index (Phi) is 5.16. The predicted octanol–water partition coefficient (Wildman–Crippen LogP) is 2.11. The van der Waals surface area contributed by atoms with Crippen molar-refractivity contribution in [1.82, 2.24) is 24.6 Å². The molecular formula is C21H30N6O3S. The molecule has 3 N–H and O–H groups in total. The third-order valence-electron chi connectivity index (χ3n) is 7.05. The summed E-state index contributed by atoms with van der Waals surface area (Å²) in [6.07, 6.45) is 12.0. The van der Waals surface area contributed by atoms with Gasteiger partial charge in [-0.25, -0.2) is 18.1 Å². The normalized spacial score (nSPS) is 25.9. The van der Waals surface area contributed by atoms with E-state index in [1.54, 1.807) is 6.20 Å². The van der Waals surface area contributed by atoms with Gasteiger partial charge in [-0.05, 0) is 44.6 Å². The van der Waals surface area contributed by atoms with Crippen molar-refractivity contribution >= 4 is 32.9 Å². The Balaban J connectivity index is 1.39. The minimum Gasteiger partial charge on any atom is -0.351 e. The minimum absolute atomic E-state index is 0.00114. The number of hydrogen-bond acceptors (Lipinski definition) is 6. The topological polar surface area (TPSA) is 118 Å². The first kappa shape index (κ1) is 20.7. The Labute approximate surface area is 182 Å². The number of sulfonamides is 1. The number of nitrogens with one attached hydrogen (secondary N) is 3. The van der Waals surface area contributed by atoms with E-state index in [0.717, 1.165) is 62.4 Å². The van der Waals surface area contributed by atoms with Gasteiger partial charge in [-0.3, -0.25) is 4.79 Å². The second-order valence-electron chi connectivity index (χ2n) is 9.39. The van der Waals surface area contributed by atoms with E-state index in [1.165, 1.54) is 12.7 Å². The molecule has 3 aliphatic rings. The van der Waals surface area contributed by atoms with Crippen LogP contribution in [0.25, 0.3) is 11.0 Å². The maximum Gasteiger partial charge on any atom is 0.268 e. The van der Waals surface area contributed by atoms with Crippen LogP contribution in [0.2, 0.25) is 0 Å². The fourth-order valence-corrected chi connectivity index (χ4v) is 6.41. The zero-order valence-electron chi connectivity index (χ0n) is 17.9. The Morgan fingerprint density at radius 2 is 1.84 bits per heavy atom. The Hall–Kier alpha value is -2.20. The maximum atomic E-state index is 12.6. The maximum absolute atomic E-state index is 12.6. The first-order valence-electron chi connectivity index (χ1n) is 11.2. The van der Waals surface area contributed by atoms with E-state index in [-0.39, 0.29) is 23.5 Å². The van der Waals surface area contributed by atoms with Crippen LogP contribution < -0.4 is 15.4 Å². The summed E-state index contributed by atoms with van der Waals surface area (Å²) >= 11 is 0. The van der Waals surface area contributed by atoms with E-state index in [2.05, 4.69) is 24.9 Å². The third kappa shape index (κ3) is 4.03. The van der Waals surface area contributed by atoms with Crippen molar-refractivity contribution in [3.8, 4) is 0 Å². The van der Waals surface area contributed by atoms with Crippen LogP contribution in [-0.2, 0) is 15.6 Å². The van der Waals surface area contributed by atoms with Crippen LogP contribution >= 0.6 is 0 Å². The zero-order chi connectivity index (χ0) is 21.6. The largest absolute Gasteiger partial charge is 0.351 e. The molecule has 1 aliphatic heterocycles. The molecule has 0 radical (unpaired) electrons. The van der Waals surface area contributed by atoms with Gasteiger partial charge in [-0.15, -0.1) is 0 Å². The number of anilines is 1. The standard InChI is InChI=1S/C21H30N6O3S/c1-31(29,30)26-16-7-5-15(6-8-16)24-20-22-12-14-11-17-19(28)23-13-21(9-3-2-4-10-21)27(17)18(14)25-20/h11-12,15-16,26H,2-10,13H2,1H3,(H,23,28)(H,22,24,25)/t15-,16-. The summed E-state index contributed by atoms with van der Waals surface area (Å²) in [5.74, 6) is 0.533. The van der Waals surface area contributed by atoms with Gasteiger partial charge in [0.05, 0.1) is 11.8 Å². The third-order valence-corrected chi connectivity index (χ3v) is 7.81. The van der Waals surface area contributed by atoms with Gasteiger partial charge in [0, 0.05) is 30.2 Å². The van der Waals surface area contributed by atoms with Crippen molar-refractivity contribution in [2.75, 3.05) is 18.1 Å². The van der Waals surface area contributed by atoms with Gasteiger partial charge < -0.3 is 15.2 Å². The molecule has 0 bridgehead atoms. The Morgan fingerprint density at radius 3 is 2.55 bits per heavy atom. The van der Waals surface area contributed by atoms with Gasteiger partial charge in [0.25, 0.3) is 5.91 Å². The molecule has 0 saturated heterocycles. The van der Waals surface area contributed by atoms with Crippen LogP contribution in [0.3, 0.4) is 0 Å². The van der Waals surface area contributed by atoms with Gasteiger partial charge in [0.1, 0.15) is 11.3 Å². The molecule has 9 nitrogen and oxygen atoms in total. The van der Waals surface area contributed by atoms with Crippen molar-refractivity contribution < 1.29 is 13.2 Å². The molecule has 2 aliphatic carbocycles. The lowest BCUT2D eigenvalue weighted by molar-refractivity contribution is 0.0833. The second kappa shape index (κ2) is 7.74. The fourth-order valence-electron chi connectivity index (χ4n) is 5.57. The molecular weight excluding hydrogens is 416 g/mol.